The molecular weight excluding hydrogens is 558 g/mol. The molecule has 236 valence electrons. The van der Waals surface area contributed by atoms with Gasteiger partial charge in [-0.2, -0.15) is 0 Å². The quantitative estimate of drug-likeness (QED) is 0.108. The van der Waals surface area contributed by atoms with Crippen LogP contribution in [0.5, 0.6) is 5.75 Å². The van der Waals surface area contributed by atoms with E-state index in [0.717, 1.165) is 49.8 Å². The Morgan fingerprint density at radius 1 is 0.721 bits per heavy atom. The Labute approximate surface area is 251 Å². The number of hydrogen-bond acceptors (Lipinski definition) is 7. The lowest BCUT2D eigenvalue weighted by Gasteiger charge is -2.15. The van der Waals surface area contributed by atoms with Gasteiger partial charge in [0.2, 0.25) is 11.8 Å². The van der Waals surface area contributed by atoms with Gasteiger partial charge in [0.25, 0.3) is 11.8 Å². The Kier molecular flexibility index (Phi) is 16.1. The SMILES string of the molecule is O=C(CCCCCN1C(=O)C=CC1=O)NC[C@H](NC(=O)CCCCCCCCCCOc1ccc(C(=O)O)cc1)C(=O)O. The first-order valence-electron chi connectivity index (χ1n) is 15.0. The molecule has 43 heavy (non-hydrogen) atoms. The first-order chi connectivity index (χ1) is 20.7. The summed E-state index contributed by atoms with van der Waals surface area (Å²) in [5.74, 6) is -2.88. The van der Waals surface area contributed by atoms with Gasteiger partial charge in [0, 0.05) is 38.1 Å². The molecule has 0 saturated carbocycles. The molecule has 0 radical (unpaired) electrons. The highest BCUT2D eigenvalue weighted by molar-refractivity contribution is 6.12. The minimum Gasteiger partial charge on any atom is -0.494 e. The normalized spacial score (nSPS) is 13.2. The van der Waals surface area contributed by atoms with Crippen LogP contribution < -0.4 is 15.4 Å². The number of carboxylic acid groups (broad SMARTS) is 2. The van der Waals surface area contributed by atoms with Crippen LogP contribution in [0.4, 0.5) is 0 Å². The maximum atomic E-state index is 12.2. The van der Waals surface area contributed by atoms with Gasteiger partial charge in [-0.25, -0.2) is 9.59 Å². The molecule has 12 heteroatoms. The van der Waals surface area contributed by atoms with Crippen LogP contribution in [0.25, 0.3) is 0 Å². The molecule has 4 N–H and O–H groups in total. The van der Waals surface area contributed by atoms with Crippen LogP contribution in [0.3, 0.4) is 0 Å². The van der Waals surface area contributed by atoms with E-state index < -0.39 is 18.0 Å². The summed E-state index contributed by atoms with van der Waals surface area (Å²) in [4.78, 5) is 70.8. The summed E-state index contributed by atoms with van der Waals surface area (Å²) in [6, 6.07) is 5.14. The Hall–Kier alpha value is -4.22. The van der Waals surface area contributed by atoms with Crippen molar-refractivity contribution in [2.75, 3.05) is 19.7 Å². The molecular formula is C31H43N3O9. The molecule has 1 aromatic rings. The minimum absolute atomic E-state index is 0.179. The van der Waals surface area contributed by atoms with E-state index in [4.69, 9.17) is 9.84 Å². The molecule has 12 nitrogen and oxygen atoms in total. The summed E-state index contributed by atoms with van der Waals surface area (Å²) in [5, 5.41) is 23.3. The van der Waals surface area contributed by atoms with Crippen molar-refractivity contribution in [3.63, 3.8) is 0 Å². The summed E-state index contributed by atoms with van der Waals surface area (Å²) < 4.78 is 5.63. The summed E-state index contributed by atoms with van der Waals surface area (Å²) >= 11 is 0. The molecule has 0 saturated heterocycles. The van der Waals surface area contributed by atoms with Gasteiger partial charge in [-0.05, 0) is 49.9 Å². The molecule has 0 spiro atoms. The summed E-state index contributed by atoms with van der Waals surface area (Å²) in [6.45, 7) is 0.671. The number of carboxylic acids is 2. The van der Waals surface area contributed by atoms with Crippen molar-refractivity contribution in [1.29, 1.82) is 0 Å². The Morgan fingerprint density at radius 3 is 1.84 bits per heavy atom. The van der Waals surface area contributed by atoms with Gasteiger partial charge < -0.3 is 25.6 Å². The monoisotopic (exact) mass is 601 g/mol. The third kappa shape index (κ3) is 14.5. The summed E-state index contributed by atoms with van der Waals surface area (Å²) in [6.07, 6.45) is 12.3. The molecule has 1 atom stereocenters. The topological polar surface area (TPSA) is 179 Å². The number of unbranched alkanes of at least 4 members (excludes halogenated alkanes) is 9. The van der Waals surface area contributed by atoms with E-state index in [1.807, 2.05) is 0 Å². The zero-order valence-electron chi connectivity index (χ0n) is 24.6. The van der Waals surface area contributed by atoms with Crippen molar-refractivity contribution in [1.82, 2.24) is 15.5 Å². The lowest BCUT2D eigenvalue weighted by Crippen LogP contribution is -2.48. The van der Waals surface area contributed by atoms with Crippen LogP contribution >= 0.6 is 0 Å². The average Bonchev–Trinajstić information content (AvgIpc) is 3.30. The van der Waals surface area contributed by atoms with E-state index in [0.29, 0.717) is 44.6 Å². The number of amides is 4. The van der Waals surface area contributed by atoms with Crippen molar-refractivity contribution < 1.29 is 43.7 Å². The highest BCUT2D eigenvalue weighted by atomic mass is 16.5. The van der Waals surface area contributed by atoms with Crippen LogP contribution in [0, 0.1) is 0 Å². The smallest absolute Gasteiger partial charge is 0.335 e. The first-order valence-corrected chi connectivity index (χ1v) is 15.0. The van der Waals surface area contributed by atoms with Crippen LogP contribution in [0.15, 0.2) is 36.4 Å². The second kappa shape index (κ2) is 19.8. The molecule has 4 amide bonds. The molecule has 0 fully saturated rings. The van der Waals surface area contributed by atoms with Crippen molar-refractivity contribution in [3.8, 4) is 5.75 Å². The lowest BCUT2D eigenvalue weighted by atomic mass is 10.1. The van der Waals surface area contributed by atoms with Gasteiger partial charge in [0.15, 0.2) is 0 Å². The maximum absolute atomic E-state index is 12.2. The summed E-state index contributed by atoms with van der Waals surface area (Å²) in [5.41, 5.74) is 0.228. The van der Waals surface area contributed by atoms with Gasteiger partial charge >= 0.3 is 11.9 Å². The number of nitrogens with one attached hydrogen (secondary N) is 2. The van der Waals surface area contributed by atoms with Gasteiger partial charge in [-0.1, -0.05) is 44.9 Å². The summed E-state index contributed by atoms with van der Waals surface area (Å²) in [7, 11) is 0. The Bertz CT molecular complexity index is 1100. The number of hydrogen-bond donors (Lipinski definition) is 4. The van der Waals surface area contributed by atoms with Crippen LogP contribution in [0.2, 0.25) is 0 Å². The third-order valence-corrected chi connectivity index (χ3v) is 6.99. The maximum Gasteiger partial charge on any atom is 0.335 e. The van der Waals surface area contributed by atoms with Gasteiger partial charge in [-0.15, -0.1) is 0 Å². The number of nitrogens with zero attached hydrogens (tertiary/aromatic N) is 1. The number of benzene rings is 1. The van der Waals surface area contributed by atoms with E-state index in [-0.39, 0.29) is 48.6 Å². The van der Waals surface area contributed by atoms with Crippen molar-refractivity contribution in [2.45, 2.75) is 89.5 Å². The fourth-order valence-corrected chi connectivity index (χ4v) is 4.49. The number of carbonyl (C=O) groups excluding carboxylic acids is 4. The molecule has 1 aliphatic heterocycles. The van der Waals surface area contributed by atoms with Gasteiger partial charge in [0.05, 0.1) is 12.2 Å². The lowest BCUT2D eigenvalue weighted by molar-refractivity contribution is -0.142. The van der Waals surface area contributed by atoms with Crippen molar-refractivity contribution in [3.05, 3.63) is 42.0 Å². The number of rotatable bonds is 23. The fraction of sp³-hybridized carbons (Fsp3) is 0.548. The van der Waals surface area contributed by atoms with Gasteiger partial charge in [-0.3, -0.25) is 24.1 Å². The van der Waals surface area contributed by atoms with Crippen LogP contribution in [0.1, 0.15) is 93.8 Å². The number of aliphatic carboxylic acids is 1. The predicted octanol–water partition coefficient (Wildman–Crippen LogP) is 3.45. The average molecular weight is 602 g/mol. The Balaban J connectivity index is 1.43. The first kappa shape index (κ1) is 35.0. The zero-order valence-corrected chi connectivity index (χ0v) is 24.6. The number of aromatic carboxylic acids is 1. The van der Waals surface area contributed by atoms with Gasteiger partial charge in [0.1, 0.15) is 11.8 Å². The van der Waals surface area contributed by atoms with Crippen LogP contribution in [-0.4, -0.2) is 76.4 Å². The number of carbonyl (C=O) groups is 6. The molecule has 1 aromatic carbocycles. The van der Waals surface area contributed by atoms with Crippen molar-refractivity contribution in [2.24, 2.45) is 0 Å². The molecule has 0 bridgehead atoms. The minimum atomic E-state index is -1.22. The van der Waals surface area contributed by atoms with E-state index >= 15 is 0 Å². The largest absolute Gasteiger partial charge is 0.494 e. The number of imide groups is 1. The van der Waals surface area contributed by atoms with Crippen molar-refractivity contribution >= 4 is 35.6 Å². The second-order valence-electron chi connectivity index (χ2n) is 10.5. The van der Waals surface area contributed by atoms with E-state index in [1.165, 1.54) is 24.3 Å². The van der Waals surface area contributed by atoms with Crippen LogP contribution in [-0.2, 0) is 24.0 Å². The molecule has 0 unspecified atom stereocenters. The molecule has 0 aromatic heterocycles. The number of ether oxygens (including phenoxy) is 1. The predicted molar refractivity (Wildman–Crippen MR) is 157 cm³/mol. The fourth-order valence-electron chi connectivity index (χ4n) is 4.49. The van der Waals surface area contributed by atoms with E-state index in [2.05, 4.69) is 10.6 Å². The molecule has 2 rings (SSSR count). The highest BCUT2D eigenvalue weighted by Crippen LogP contribution is 2.14. The molecule has 0 aliphatic carbocycles. The third-order valence-electron chi connectivity index (χ3n) is 6.99. The van der Waals surface area contributed by atoms with E-state index in [1.54, 1.807) is 12.1 Å². The second-order valence-corrected chi connectivity index (χ2v) is 10.5. The molecule has 1 aliphatic rings. The highest BCUT2D eigenvalue weighted by Gasteiger charge is 2.22. The molecule has 1 heterocycles. The zero-order chi connectivity index (χ0) is 31.5. The van der Waals surface area contributed by atoms with E-state index in [9.17, 15) is 33.9 Å². The standard InChI is InChI=1S/C31H43N3O9/c35-26(12-9-7-10-20-34-28(37)18-19-29(34)38)32-22-25(31(41)42)33-27(36)13-8-5-3-1-2-4-6-11-21-43-24-16-14-23(15-17-24)30(39)40/h14-19,25H,1-13,20-22H2,(H,32,35)(H,33,36)(H,39,40)(H,41,42)/t25-/m0/s1. The Morgan fingerprint density at radius 2 is 1.26 bits per heavy atom.